The lowest BCUT2D eigenvalue weighted by atomic mass is 9.91. The molecule has 0 aromatic heterocycles. The molecule has 322 valence electrons. The maximum absolute atomic E-state index is 2.40. The van der Waals surface area contributed by atoms with Gasteiger partial charge in [-0.25, -0.2) is 0 Å². The topological polar surface area (TPSA) is 6.48 Å². The molecule has 0 amide bonds. The highest BCUT2D eigenvalue weighted by Crippen LogP contribution is 2.48. The zero-order chi connectivity index (χ0) is 45.5. The molecule has 0 aliphatic heterocycles. The Hall–Kier alpha value is -8.98. The van der Waals surface area contributed by atoms with Gasteiger partial charge in [0.1, 0.15) is 0 Å². The van der Waals surface area contributed by atoms with Gasteiger partial charge < -0.3 is 9.80 Å². The summed E-state index contributed by atoms with van der Waals surface area (Å²) in [6.07, 6.45) is 0. The van der Waals surface area contributed by atoms with Crippen molar-refractivity contribution in [1.82, 2.24) is 0 Å². The van der Waals surface area contributed by atoms with Crippen molar-refractivity contribution in [2.75, 3.05) is 9.80 Å². The molecule has 0 saturated heterocycles. The van der Waals surface area contributed by atoms with E-state index in [1.54, 1.807) is 0 Å². The van der Waals surface area contributed by atoms with E-state index in [1.807, 2.05) is 0 Å². The molecule has 2 heteroatoms. The van der Waals surface area contributed by atoms with E-state index in [1.165, 1.54) is 44.5 Å². The molecule has 11 aromatic carbocycles. The van der Waals surface area contributed by atoms with E-state index < -0.39 is 0 Å². The number of anilines is 6. The van der Waals surface area contributed by atoms with Gasteiger partial charge in [-0.2, -0.15) is 0 Å². The second-order valence-corrected chi connectivity index (χ2v) is 16.9. The summed E-state index contributed by atoms with van der Waals surface area (Å²) in [4.78, 5) is 4.80. The third-order valence-corrected chi connectivity index (χ3v) is 12.7. The van der Waals surface area contributed by atoms with Crippen LogP contribution < -0.4 is 9.80 Å². The maximum Gasteiger partial charge on any atom is 0.0540 e. The van der Waals surface area contributed by atoms with E-state index in [0.717, 1.165) is 56.4 Å². The molecule has 0 saturated carbocycles. The van der Waals surface area contributed by atoms with Gasteiger partial charge in [0.05, 0.1) is 11.4 Å². The maximum atomic E-state index is 2.40. The summed E-state index contributed by atoms with van der Waals surface area (Å²) < 4.78 is 0. The molecule has 11 aromatic rings. The fraction of sp³-hybridized carbons (Fsp3) is 0. The van der Waals surface area contributed by atoms with Crippen LogP contribution in [0.2, 0.25) is 0 Å². The van der Waals surface area contributed by atoms with Gasteiger partial charge >= 0.3 is 0 Å². The molecule has 0 fully saturated rings. The van der Waals surface area contributed by atoms with Gasteiger partial charge in [0, 0.05) is 33.9 Å². The minimum absolute atomic E-state index is 1.08. The first-order valence-corrected chi connectivity index (χ1v) is 23.3. The Bertz CT molecular complexity index is 2990. The van der Waals surface area contributed by atoms with Crippen LogP contribution in [0.1, 0.15) is 0 Å². The number of para-hydroxylation sites is 2. The summed E-state index contributed by atoms with van der Waals surface area (Å²) in [6, 6.07) is 105. The lowest BCUT2D eigenvalue weighted by Crippen LogP contribution is -2.12. The molecule has 0 atom stereocenters. The Morgan fingerprint density at radius 2 is 0.338 bits per heavy atom. The fourth-order valence-corrected chi connectivity index (χ4v) is 9.33. The zero-order valence-electron chi connectivity index (χ0n) is 37.6. The van der Waals surface area contributed by atoms with Crippen molar-refractivity contribution in [2.45, 2.75) is 0 Å². The second-order valence-electron chi connectivity index (χ2n) is 16.9. The summed E-state index contributed by atoms with van der Waals surface area (Å²) in [7, 11) is 0. The SMILES string of the molecule is c1ccc(-c2ccc(N(c3ccc(-c4ccccc4)cc3)c3ccccc3-c3ccccc3-c3ccccc3N(c3ccc(-c4ccccc4)cc3)c3ccc(-c4ccccc4)cc3)cc2)cc1. The quantitative estimate of drug-likeness (QED) is 0.121. The van der Waals surface area contributed by atoms with Crippen LogP contribution >= 0.6 is 0 Å². The van der Waals surface area contributed by atoms with Crippen LogP contribution in [0, 0.1) is 0 Å². The first-order chi connectivity index (χ1) is 33.7. The zero-order valence-corrected chi connectivity index (χ0v) is 37.6. The van der Waals surface area contributed by atoms with Crippen LogP contribution in [0.3, 0.4) is 0 Å². The smallest absolute Gasteiger partial charge is 0.0540 e. The predicted octanol–water partition coefficient (Wildman–Crippen LogP) is 18.6. The van der Waals surface area contributed by atoms with Crippen molar-refractivity contribution < 1.29 is 0 Å². The molecule has 0 aliphatic rings. The second kappa shape index (κ2) is 19.2. The summed E-state index contributed by atoms with van der Waals surface area (Å²) in [5, 5.41) is 0. The van der Waals surface area contributed by atoms with Gasteiger partial charge in [-0.15, -0.1) is 0 Å². The predicted molar refractivity (Wildman–Crippen MR) is 288 cm³/mol. The Morgan fingerprint density at radius 1 is 0.147 bits per heavy atom. The molecule has 0 aliphatic carbocycles. The van der Waals surface area contributed by atoms with E-state index in [4.69, 9.17) is 0 Å². The van der Waals surface area contributed by atoms with Crippen molar-refractivity contribution in [1.29, 1.82) is 0 Å². The first kappa shape index (κ1) is 41.7. The Balaban J connectivity index is 1.05. The van der Waals surface area contributed by atoms with E-state index in [9.17, 15) is 0 Å². The van der Waals surface area contributed by atoms with E-state index in [2.05, 4.69) is 301 Å². The Morgan fingerprint density at radius 3 is 0.588 bits per heavy atom. The highest BCUT2D eigenvalue weighted by Gasteiger charge is 2.23. The van der Waals surface area contributed by atoms with Gasteiger partial charge in [0.2, 0.25) is 0 Å². The van der Waals surface area contributed by atoms with Crippen LogP contribution in [0.25, 0.3) is 66.8 Å². The molecule has 0 unspecified atom stereocenters. The van der Waals surface area contributed by atoms with Crippen molar-refractivity contribution in [2.24, 2.45) is 0 Å². The Kier molecular flexibility index (Phi) is 11.8. The third-order valence-electron chi connectivity index (χ3n) is 12.7. The van der Waals surface area contributed by atoms with E-state index in [0.29, 0.717) is 0 Å². The fourth-order valence-electron chi connectivity index (χ4n) is 9.33. The van der Waals surface area contributed by atoms with Crippen molar-refractivity contribution in [3.63, 3.8) is 0 Å². The van der Waals surface area contributed by atoms with Crippen LogP contribution in [0.15, 0.2) is 291 Å². The molecule has 0 heterocycles. The number of benzene rings is 11. The summed E-state index contributed by atoms with van der Waals surface area (Å²) in [5.41, 5.74) is 20.5. The Labute approximate surface area is 400 Å². The molecule has 0 radical (unpaired) electrons. The van der Waals surface area contributed by atoms with Crippen LogP contribution in [-0.2, 0) is 0 Å². The van der Waals surface area contributed by atoms with E-state index >= 15 is 0 Å². The molecule has 2 nitrogen and oxygen atoms in total. The van der Waals surface area contributed by atoms with Crippen molar-refractivity contribution in [3.05, 3.63) is 291 Å². The minimum Gasteiger partial charge on any atom is -0.310 e. The lowest BCUT2D eigenvalue weighted by Gasteiger charge is -2.30. The normalized spacial score (nSPS) is 10.9. The van der Waals surface area contributed by atoms with Gasteiger partial charge in [-0.1, -0.05) is 231 Å². The molecule has 0 bridgehead atoms. The highest BCUT2D eigenvalue weighted by atomic mass is 15.2. The minimum atomic E-state index is 1.08. The number of nitrogens with zero attached hydrogens (tertiary/aromatic N) is 2. The first-order valence-electron chi connectivity index (χ1n) is 23.3. The van der Waals surface area contributed by atoms with Crippen LogP contribution in [0.4, 0.5) is 34.1 Å². The standard InChI is InChI=1S/C66H48N2/c1-5-19-49(20-6-1)53-33-41-57(42-34-53)67(58-43-35-54(36-44-58)50-21-7-2-8-22-50)65-31-17-15-29-63(65)61-27-13-14-28-62(61)64-30-16-18-32-66(64)68(59-45-37-55(38-46-59)51-23-9-3-10-24-51)60-47-39-56(40-48-60)52-25-11-4-12-26-52/h1-48H. The van der Waals surface area contributed by atoms with Gasteiger partial charge in [0.15, 0.2) is 0 Å². The monoisotopic (exact) mass is 868 g/mol. The average molecular weight is 869 g/mol. The number of rotatable bonds is 12. The molecular formula is C66H48N2. The van der Waals surface area contributed by atoms with Crippen LogP contribution in [0.5, 0.6) is 0 Å². The molecule has 68 heavy (non-hydrogen) atoms. The van der Waals surface area contributed by atoms with Crippen LogP contribution in [-0.4, -0.2) is 0 Å². The largest absolute Gasteiger partial charge is 0.310 e. The van der Waals surface area contributed by atoms with E-state index in [-0.39, 0.29) is 0 Å². The van der Waals surface area contributed by atoms with Gasteiger partial charge in [-0.05, 0) is 116 Å². The van der Waals surface area contributed by atoms with Gasteiger partial charge in [-0.3, -0.25) is 0 Å². The van der Waals surface area contributed by atoms with Gasteiger partial charge in [0.25, 0.3) is 0 Å². The third kappa shape index (κ3) is 8.63. The molecular weight excluding hydrogens is 821 g/mol. The molecule has 11 rings (SSSR count). The number of hydrogen-bond donors (Lipinski definition) is 0. The summed E-state index contributed by atoms with van der Waals surface area (Å²) >= 11 is 0. The summed E-state index contributed by atoms with van der Waals surface area (Å²) in [6.45, 7) is 0. The van der Waals surface area contributed by atoms with Crippen molar-refractivity contribution in [3.8, 4) is 66.8 Å². The highest BCUT2D eigenvalue weighted by molar-refractivity contribution is 5.98. The molecule has 0 N–H and O–H groups in total. The van der Waals surface area contributed by atoms with Crippen molar-refractivity contribution >= 4 is 34.1 Å². The average Bonchev–Trinajstić information content (AvgIpc) is 3.43. The lowest BCUT2D eigenvalue weighted by molar-refractivity contribution is 1.28. The molecule has 0 spiro atoms. The summed E-state index contributed by atoms with van der Waals surface area (Å²) in [5.74, 6) is 0. The number of hydrogen-bond acceptors (Lipinski definition) is 2.